The molecule has 0 aliphatic carbocycles. The van der Waals surface area contributed by atoms with E-state index < -0.39 is 11.6 Å². The van der Waals surface area contributed by atoms with Crippen LogP contribution < -0.4 is 5.30 Å². The first-order valence-electron chi connectivity index (χ1n) is 6.01. The highest BCUT2D eigenvalue weighted by molar-refractivity contribution is 7.27. The van der Waals surface area contributed by atoms with Crippen molar-refractivity contribution in [3.8, 4) is 0 Å². The normalized spacial score (nSPS) is 12.5. The summed E-state index contributed by atoms with van der Waals surface area (Å²) < 4.78 is 40.0. The molecule has 0 aromatic heterocycles. The van der Waals surface area contributed by atoms with Crippen LogP contribution in [-0.2, 0) is 0 Å². The van der Waals surface area contributed by atoms with Crippen molar-refractivity contribution < 1.29 is 13.2 Å². The van der Waals surface area contributed by atoms with E-state index in [1.165, 1.54) is 24.3 Å². The molecule has 2 atom stereocenters. The zero-order chi connectivity index (χ0) is 14.0. The SMILES string of the molecule is CCC(c1cc(F)cc(F)c1)c1cc(F)cc(P)c1. The first-order chi connectivity index (χ1) is 8.99. The van der Waals surface area contributed by atoms with Gasteiger partial charge in [-0.3, -0.25) is 0 Å². The predicted octanol–water partition coefficient (Wildman–Crippen LogP) is 4.15. The summed E-state index contributed by atoms with van der Waals surface area (Å²) in [5.41, 5.74) is 1.24. The van der Waals surface area contributed by atoms with E-state index in [-0.39, 0.29) is 11.7 Å². The van der Waals surface area contributed by atoms with Crippen molar-refractivity contribution >= 4 is 14.5 Å². The van der Waals surface area contributed by atoms with Crippen LogP contribution in [0.5, 0.6) is 0 Å². The van der Waals surface area contributed by atoms with Gasteiger partial charge in [0, 0.05) is 12.0 Å². The van der Waals surface area contributed by atoms with Gasteiger partial charge in [0.25, 0.3) is 0 Å². The van der Waals surface area contributed by atoms with E-state index in [9.17, 15) is 13.2 Å². The highest BCUT2D eigenvalue weighted by Crippen LogP contribution is 2.29. The Balaban J connectivity index is 2.49. The van der Waals surface area contributed by atoms with Crippen LogP contribution in [0.1, 0.15) is 30.4 Å². The molecule has 0 bridgehead atoms. The molecule has 2 unspecified atom stereocenters. The minimum Gasteiger partial charge on any atom is -0.207 e. The molecule has 0 spiro atoms. The minimum absolute atomic E-state index is 0.222. The summed E-state index contributed by atoms with van der Waals surface area (Å²) in [4.78, 5) is 0. The number of rotatable bonds is 3. The zero-order valence-electron chi connectivity index (χ0n) is 10.5. The van der Waals surface area contributed by atoms with E-state index >= 15 is 0 Å². The van der Waals surface area contributed by atoms with Crippen molar-refractivity contribution in [2.75, 3.05) is 0 Å². The van der Waals surface area contributed by atoms with Gasteiger partial charge in [0.2, 0.25) is 0 Å². The van der Waals surface area contributed by atoms with Crippen LogP contribution in [0.15, 0.2) is 36.4 Å². The molecule has 0 aliphatic rings. The third-order valence-corrected chi connectivity index (χ3v) is 3.37. The first-order valence-corrected chi connectivity index (χ1v) is 6.59. The molecule has 0 aliphatic heterocycles. The summed E-state index contributed by atoms with van der Waals surface area (Å²) >= 11 is 0. The van der Waals surface area contributed by atoms with E-state index in [0.29, 0.717) is 17.3 Å². The Morgan fingerprint density at radius 2 is 1.32 bits per heavy atom. The molecule has 2 rings (SSSR count). The summed E-state index contributed by atoms with van der Waals surface area (Å²) in [5.74, 6) is -1.80. The fraction of sp³-hybridized carbons (Fsp3) is 0.200. The van der Waals surface area contributed by atoms with E-state index in [4.69, 9.17) is 0 Å². The molecule has 0 fully saturated rings. The van der Waals surface area contributed by atoms with Gasteiger partial charge in [-0.1, -0.05) is 13.0 Å². The average Bonchev–Trinajstić information content (AvgIpc) is 2.27. The third-order valence-electron chi connectivity index (χ3n) is 3.04. The Morgan fingerprint density at radius 1 is 0.842 bits per heavy atom. The van der Waals surface area contributed by atoms with Crippen LogP contribution in [0.3, 0.4) is 0 Å². The fourth-order valence-electron chi connectivity index (χ4n) is 2.28. The van der Waals surface area contributed by atoms with Gasteiger partial charge in [-0.15, -0.1) is 9.24 Å². The molecule has 100 valence electrons. The van der Waals surface area contributed by atoms with Gasteiger partial charge in [0.1, 0.15) is 17.5 Å². The molecule has 0 heterocycles. The van der Waals surface area contributed by atoms with Crippen LogP contribution in [0.4, 0.5) is 13.2 Å². The maximum absolute atomic E-state index is 13.4. The van der Waals surface area contributed by atoms with Gasteiger partial charge in [-0.2, -0.15) is 0 Å². The van der Waals surface area contributed by atoms with Gasteiger partial charge in [-0.05, 0) is 47.1 Å². The molecule has 2 aromatic rings. The van der Waals surface area contributed by atoms with Gasteiger partial charge in [-0.25, -0.2) is 13.2 Å². The molecule has 19 heavy (non-hydrogen) atoms. The lowest BCUT2D eigenvalue weighted by molar-refractivity contribution is 0.575. The predicted molar refractivity (Wildman–Crippen MR) is 74.2 cm³/mol. The van der Waals surface area contributed by atoms with E-state index in [1.807, 2.05) is 13.0 Å². The maximum atomic E-state index is 13.4. The van der Waals surface area contributed by atoms with Gasteiger partial charge in [0.15, 0.2) is 0 Å². The van der Waals surface area contributed by atoms with Crippen LogP contribution in [0, 0.1) is 17.5 Å². The molecule has 2 aromatic carbocycles. The average molecular weight is 282 g/mol. The molecule has 0 radical (unpaired) electrons. The number of hydrogen-bond donors (Lipinski definition) is 0. The van der Waals surface area contributed by atoms with Crippen molar-refractivity contribution in [1.29, 1.82) is 0 Å². The lowest BCUT2D eigenvalue weighted by Crippen LogP contribution is -2.05. The number of halogens is 3. The van der Waals surface area contributed by atoms with Crippen molar-refractivity contribution in [3.05, 3.63) is 65.0 Å². The monoisotopic (exact) mass is 282 g/mol. The minimum atomic E-state index is -0.615. The highest BCUT2D eigenvalue weighted by Gasteiger charge is 2.15. The van der Waals surface area contributed by atoms with Gasteiger partial charge >= 0.3 is 0 Å². The van der Waals surface area contributed by atoms with E-state index in [0.717, 1.165) is 11.6 Å². The molecule has 0 saturated heterocycles. The Morgan fingerprint density at radius 3 is 1.79 bits per heavy atom. The Hall–Kier alpha value is -1.34. The van der Waals surface area contributed by atoms with Crippen LogP contribution in [0.25, 0.3) is 0 Å². The summed E-state index contributed by atoms with van der Waals surface area (Å²) in [6.45, 7) is 1.90. The molecule has 0 nitrogen and oxygen atoms in total. The van der Waals surface area contributed by atoms with Crippen molar-refractivity contribution in [2.45, 2.75) is 19.3 Å². The second-order valence-electron chi connectivity index (χ2n) is 4.48. The molecule has 4 heteroatoms. The van der Waals surface area contributed by atoms with E-state index in [2.05, 4.69) is 9.24 Å². The summed E-state index contributed by atoms with van der Waals surface area (Å²) in [6, 6.07) is 8.04. The first kappa shape index (κ1) is 14.1. The third kappa shape index (κ3) is 3.36. The topological polar surface area (TPSA) is 0 Å². The Labute approximate surface area is 112 Å². The second kappa shape index (κ2) is 5.75. The van der Waals surface area contributed by atoms with E-state index in [1.54, 1.807) is 0 Å². The van der Waals surface area contributed by atoms with Crippen LogP contribution in [-0.4, -0.2) is 0 Å². The number of benzene rings is 2. The molecular formula is C15H14F3P. The molecule has 0 amide bonds. The quantitative estimate of drug-likeness (QED) is 0.742. The zero-order valence-corrected chi connectivity index (χ0v) is 11.6. The highest BCUT2D eigenvalue weighted by atomic mass is 31.0. The van der Waals surface area contributed by atoms with Gasteiger partial charge in [0.05, 0.1) is 0 Å². The second-order valence-corrected chi connectivity index (χ2v) is 5.15. The Kier molecular flexibility index (Phi) is 4.26. The van der Waals surface area contributed by atoms with Crippen molar-refractivity contribution in [1.82, 2.24) is 0 Å². The molecular weight excluding hydrogens is 268 g/mol. The lowest BCUT2D eigenvalue weighted by Gasteiger charge is -2.17. The summed E-state index contributed by atoms with van der Waals surface area (Å²) in [7, 11) is 2.43. The number of hydrogen-bond acceptors (Lipinski definition) is 0. The van der Waals surface area contributed by atoms with Crippen molar-refractivity contribution in [3.63, 3.8) is 0 Å². The summed E-state index contributed by atoms with van der Waals surface area (Å²) in [6.07, 6.45) is 0.635. The van der Waals surface area contributed by atoms with Gasteiger partial charge < -0.3 is 0 Å². The summed E-state index contributed by atoms with van der Waals surface area (Å²) in [5, 5.41) is 0.713. The molecule has 0 N–H and O–H groups in total. The largest absolute Gasteiger partial charge is 0.207 e. The fourth-order valence-corrected chi connectivity index (χ4v) is 2.63. The van der Waals surface area contributed by atoms with Crippen LogP contribution >= 0.6 is 9.24 Å². The standard InChI is InChI=1S/C15H14F3P/c1-2-15(9-3-11(16)7-12(17)4-9)10-5-13(18)8-14(19)6-10/h3-8,15H,2,19H2,1H3. The maximum Gasteiger partial charge on any atom is 0.126 e. The molecule has 0 saturated carbocycles. The van der Waals surface area contributed by atoms with Crippen LogP contribution in [0.2, 0.25) is 0 Å². The Bertz CT molecular complexity index is 504. The smallest absolute Gasteiger partial charge is 0.126 e. The van der Waals surface area contributed by atoms with Crippen molar-refractivity contribution in [2.24, 2.45) is 0 Å². The lowest BCUT2D eigenvalue weighted by atomic mass is 9.89.